The molecule has 5 rings (SSSR count). The maximum absolute atomic E-state index is 12.8. The van der Waals surface area contributed by atoms with Crippen molar-refractivity contribution in [3.8, 4) is 11.3 Å². The number of hydrogen-bond donors (Lipinski definition) is 3. The monoisotopic (exact) mass is 497 g/mol. The highest BCUT2D eigenvalue weighted by Crippen LogP contribution is 2.26. The molecule has 1 aromatic carbocycles. The van der Waals surface area contributed by atoms with Gasteiger partial charge in [0.2, 0.25) is 5.95 Å². The number of piperazine rings is 1. The fraction of sp³-hybridized carbons (Fsp3) is 0.333. The van der Waals surface area contributed by atoms with Gasteiger partial charge in [-0.05, 0) is 29.8 Å². The normalized spacial score (nSPS) is 14.8. The van der Waals surface area contributed by atoms with Gasteiger partial charge in [-0.3, -0.25) is 4.90 Å². The van der Waals surface area contributed by atoms with E-state index in [-0.39, 0.29) is 5.82 Å². The smallest absolute Gasteiger partial charge is 0.350 e. The standard InChI is InChI=1S/C24H26F3N9/c1-35(14-24(25,26)27)22-12-19(30-15-31-22)17-2-3-18-20(11-17)33-23(32-18)34-21-10-16(4-5-29-21)13-36-8-6-28-7-9-36/h2-5,10-12,15,28H,6-9,13-14H2,1H3,(H2,29,32,33,34). The predicted molar refractivity (Wildman–Crippen MR) is 132 cm³/mol. The molecule has 36 heavy (non-hydrogen) atoms. The number of fused-ring (bicyclic) bond motifs is 1. The van der Waals surface area contributed by atoms with Crippen LogP contribution in [0, 0.1) is 0 Å². The average molecular weight is 498 g/mol. The molecule has 0 atom stereocenters. The van der Waals surface area contributed by atoms with Gasteiger partial charge in [0.05, 0.1) is 16.7 Å². The number of aromatic amines is 1. The van der Waals surface area contributed by atoms with Crippen LogP contribution in [0.4, 0.5) is 30.8 Å². The fourth-order valence-corrected chi connectivity index (χ4v) is 4.18. The van der Waals surface area contributed by atoms with E-state index in [0.29, 0.717) is 17.5 Å². The summed E-state index contributed by atoms with van der Waals surface area (Å²) in [6, 6.07) is 11.1. The molecule has 12 heteroatoms. The molecule has 0 bridgehead atoms. The minimum atomic E-state index is -4.32. The zero-order valence-electron chi connectivity index (χ0n) is 19.7. The third-order valence-corrected chi connectivity index (χ3v) is 5.92. The number of nitrogens with zero attached hydrogens (tertiary/aromatic N) is 6. The van der Waals surface area contributed by atoms with Crippen LogP contribution >= 0.6 is 0 Å². The maximum atomic E-state index is 12.8. The summed E-state index contributed by atoms with van der Waals surface area (Å²) in [5.41, 5.74) is 3.92. The Morgan fingerprint density at radius 3 is 2.69 bits per heavy atom. The zero-order chi connectivity index (χ0) is 25.1. The van der Waals surface area contributed by atoms with Crippen LogP contribution < -0.4 is 15.5 Å². The van der Waals surface area contributed by atoms with Gasteiger partial charge in [0.15, 0.2) is 0 Å². The van der Waals surface area contributed by atoms with Crippen LogP contribution in [0.5, 0.6) is 0 Å². The second-order valence-corrected chi connectivity index (χ2v) is 8.75. The summed E-state index contributed by atoms with van der Waals surface area (Å²) in [6.07, 6.45) is -1.28. The van der Waals surface area contributed by atoms with Crippen LogP contribution in [-0.4, -0.2) is 75.8 Å². The number of pyridine rings is 1. The maximum Gasteiger partial charge on any atom is 0.405 e. The molecule has 0 spiro atoms. The Labute approximate surface area is 205 Å². The van der Waals surface area contributed by atoms with E-state index in [0.717, 1.165) is 54.2 Å². The van der Waals surface area contributed by atoms with Gasteiger partial charge in [0, 0.05) is 57.6 Å². The minimum absolute atomic E-state index is 0.191. The summed E-state index contributed by atoms with van der Waals surface area (Å²) in [7, 11) is 1.35. The Bertz CT molecular complexity index is 1330. The first-order valence-electron chi connectivity index (χ1n) is 11.6. The Morgan fingerprint density at radius 1 is 1.06 bits per heavy atom. The first kappa shape index (κ1) is 23.9. The summed E-state index contributed by atoms with van der Waals surface area (Å²) >= 11 is 0. The molecule has 1 aliphatic rings. The molecular formula is C24H26F3N9. The molecule has 1 aliphatic heterocycles. The van der Waals surface area contributed by atoms with E-state index >= 15 is 0 Å². The van der Waals surface area contributed by atoms with Crippen molar-refractivity contribution in [1.29, 1.82) is 0 Å². The number of benzene rings is 1. The van der Waals surface area contributed by atoms with E-state index in [9.17, 15) is 13.2 Å². The number of alkyl halides is 3. The van der Waals surface area contributed by atoms with E-state index < -0.39 is 12.7 Å². The first-order chi connectivity index (χ1) is 17.3. The highest BCUT2D eigenvalue weighted by Gasteiger charge is 2.30. The van der Waals surface area contributed by atoms with Crippen LogP contribution in [-0.2, 0) is 6.54 Å². The number of anilines is 3. The van der Waals surface area contributed by atoms with Crippen molar-refractivity contribution >= 4 is 28.6 Å². The number of nitrogens with one attached hydrogen (secondary N) is 3. The van der Waals surface area contributed by atoms with E-state index in [4.69, 9.17) is 0 Å². The SMILES string of the molecule is CN(CC(F)(F)F)c1cc(-c2ccc3nc(Nc4cc(CN5CCNCC5)ccn4)[nH]c3c2)ncn1. The molecule has 0 unspecified atom stereocenters. The lowest BCUT2D eigenvalue weighted by Crippen LogP contribution is -2.42. The van der Waals surface area contributed by atoms with Crippen molar-refractivity contribution in [2.45, 2.75) is 12.7 Å². The van der Waals surface area contributed by atoms with Crippen LogP contribution in [0.1, 0.15) is 5.56 Å². The molecule has 0 saturated carbocycles. The number of halogens is 3. The molecule has 9 nitrogen and oxygen atoms in total. The fourth-order valence-electron chi connectivity index (χ4n) is 4.18. The van der Waals surface area contributed by atoms with Gasteiger partial charge >= 0.3 is 6.18 Å². The van der Waals surface area contributed by atoms with Gasteiger partial charge in [-0.2, -0.15) is 13.2 Å². The van der Waals surface area contributed by atoms with Gasteiger partial charge in [0.1, 0.15) is 24.5 Å². The number of hydrogen-bond acceptors (Lipinski definition) is 8. The quantitative estimate of drug-likeness (QED) is 0.357. The number of H-pyrrole nitrogens is 1. The summed E-state index contributed by atoms with van der Waals surface area (Å²) in [5.74, 6) is 1.42. The van der Waals surface area contributed by atoms with Crippen molar-refractivity contribution in [2.24, 2.45) is 0 Å². The Hall–Kier alpha value is -3.77. The molecule has 3 N–H and O–H groups in total. The van der Waals surface area contributed by atoms with Gasteiger partial charge in [-0.1, -0.05) is 6.07 Å². The zero-order valence-corrected chi connectivity index (χ0v) is 19.7. The van der Waals surface area contributed by atoms with E-state index in [1.807, 2.05) is 30.3 Å². The van der Waals surface area contributed by atoms with Crippen molar-refractivity contribution < 1.29 is 13.2 Å². The van der Waals surface area contributed by atoms with Gasteiger partial charge in [-0.25, -0.2) is 19.9 Å². The van der Waals surface area contributed by atoms with E-state index in [1.54, 1.807) is 6.20 Å². The molecule has 0 amide bonds. The number of aromatic nitrogens is 5. The Balaban J connectivity index is 1.32. The molecular weight excluding hydrogens is 471 g/mol. The molecule has 4 aromatic rings. The Kier molecular flexibility index (Phi) is 6.70. The number of rotatable bonds is 7. The molecule has 1 fully saturated rings. The van der Waals surface area contributed by atoms with Crippen molar-refractivity contribution in [1.82, 2.24) is 35.1 Å². The Morgan fingerprint density at radius 2 is 1.89 bits per heavy atom. The molecule has 0 aliphatic carbocycles. The second-order valence-electron chi connectivity index (χ2n) is 8.75. The van der Waals surface area contributed by atoms with Crippen LogP contribution in [0.25, 0.3) is 22.3 Å². The predicted octanol–water partition coefficient (Wildman–Crippen LogP) is 3.56. The van der Waals surface area contributed by atoms with E-state index in [2.05, 4.69) is 40.5 Å². The van der Waals surface area contributed by atoms with E-state index in [1.165, 1.54) is 25.0 Å². The van der Waals surface area contributed by atoms with Crippen molar-refractivity contribution in [3.05, 3.63) is 54.5 Å². The molecule has 3 aromatic heterocycles. The van der Waals surface area contributed by atoms with Gasteiger partial charge < -0.3 is 20.5 Å². The number of imidazole rings is 1. The highest BCUT2D eigenvalue weighted by atomic mass is 19.4. The highest BCUT2D eigenvalue weighted by molar-refractivity contribution is 5.83. The van der Waals surface area contributed by atoms with Crippen LogP contribution in [0.2, 0.25) is 0 Å². The molecule has 0 radical (unpaired) electrons. The molecule has 188 valence electrons. The van der Waals surface area contributed by atoms with Crippen molar-refractivity contribution in [2.75, 3.05) is 50.0 Å². The summed E-state index contributed by atoms with van der Waals surface area (Å²) in [6.45, 7) is 3.80. The van der Waals surface area contributed by atoms with Gasteiger partial charge in [-0.15, -0.1) is 0 Å². The van der Waals surface area contributed by atoms with Crippen LogP contribution in [0.3, 0.4) is 0 Å². The third-order valence-electron chi connectivity index (χ3n) is 5.92. The minimum Gasteiger partial charge on any atom is -0.350 e. The summed E-state index contributed by atoms with van der Waals surface area (Å²) in [5, 5.41) is 6.59. The molecule has 1 saturated heterocycles. The lowest BCUT2D eigenvalue weighted by atomic mass is 10.1. The lowest BCUT2D eigenvalue weighted by Gasteiger charge is -2.27. The third kappa shape index (κ3) is 5.89. The average Bonchev–Trinajstić information content (AvgIpc) is 3.25. The van der Waals surface area contributed by atoms with Crippen molar-refractivity contribution in [3.63, 3.8) is 0 Å². The summed E-state index contributed by atoms with van der Waals surface area (Å²) in [4.78, 5) is 23.9. The van der Waals surface area contributed by atoms with Gasteiger partial charge in [0.25, 0.3) is 0 Å². The van der Waals surface area contributed by atoms with Crippen LogP contribution in [0.15, 0.2) is 48.9 Å². The summed E-state index contributed by atoms with van der Waals surface area (Å²) < 4.78 is 38.3. The molecule has 4 heterocycles. The second kappa shape index (κ2) is 10.1. The topological polar surface area (TPSA) is 97.9 Å². The largest absolute Gasteiger partial charge is 0.405 e. The first-order valence-corrected chi connectivity index (χ1v) is 11.6. The lowest BCUT2D eigenvalue weighted by molar-refractivity contribution is -0.119.